The van der Waals surface area contributed by atoms with Gasteiger partial charge in [-0.25, -0.2) is 9.59 Å². The van der Waals surface area contributed by atoms with Crippen molar-refractivity contribution in [1.29, 1.82) is 0 Å². The minimum absolute atomic E-state index is 0.0408. The van der Waals surface area contributed by atoms with E-state index in [0.717, 1.165) is 12.1 Å². The lowest BCUT2D eigenvalue weighted by atomic mass is 10.2. The first-order valence-electron chi connectivity index (χ1n) is 5.53. The van der Waals surface area contributed by atoms with E-state index in [4.69, 9.17) is 9.84 Å². The van der Waals surface area contributed by atoms with Crippen LogP contribution < -0.4 is 0 Å². The van der Waals surface area contributed by atoms with Gasteiger partial charge < -0.3 is 19.7 Å². The standard InChI is InChI=1S/C13H14O6/c1-2-12(16)18-6-3-7-19-13(17)10-5-4-9(14)8-11(10)15/h2,4-5,8,14-15H,1,3,6-7H2. The molecule has 0 aliphatic heterocycles. The quantitative estimate of drug-likeness (QED) is 0.459. The molecule has 0 bridgehead atoms. The van der Waals surface area contributed by atoms with E-state index >= 15 is 0 Å². The van der Waals surface area contributed by atoms with Crippen LogP contribution in [-0.2, 0) is 14.3 Å². The molecule has 1 aromatic carbocycles. The normalized spacial score (nSPS) is 9.68. The Morgan fingerprint density at radius 2 is 1.89 bits per heavy atom. The highest BCUT2D eigenvalue weighted by atomic mass is 16.5. The minimum atomic E-state index is -0.715. The molecule has 0 saturated heterocycles. The van der Waals surface area contributed by atoms with Gasteiger partial charge in [-0.05, 0) is 12.1 Å². The van der Waals surface area contributed by atoms with E-state index in [1.807, 2.05) is 0 Å². The molecule has 6 heteroatoms. The number of carbonyl (C=O) groups excluding carboxylic acids is 2. The summed E-state index contributed by atoms with van der Waals surface area (Å²) in [6.07, 6.45) is 1.38. The molecule has 6 nitrogen and oxygen atoms in total. The number of phenols is 2. The van der Waals surface area contributed by atoms with Crippen molar-refractivity contribution in [1.82, 2.24) is 0 Å². The zero-order valence-electron chi connectivity index (χ0n) is 10.2. The molecule has 0 heterocycles. The molecule has 0 radical (unpaired) electrons. The second kappa shape index (κ2) is 7.05. The van der Waals surface area contributed by atoms with E-state index in [-0.39, 0.29) is 30.3 Å². The van der Waals surface area contributed by atoms with Gasteiger partial charge in [0.1, 0.15) is 17.1 Å². The molecule has 19 heavy (non-hydrogen) atoms. The minimum Gasteiger partial charge on any atom is -0.508 e. The van der Waals surface area contributed by atoms with Crippen LogP contribution in [-0.4, -0.2) is 35.4 Å². The van der Waals surface area contributed by atoms with Crippen molar-refractivity contribution in [3.63, 3.8) is 0 Å². The average Bonchev–Trinajstić information content (AvgIpc) is 2.37. The van der Waals surface area contributed by atoms with Crippen LogP contribution in [0.2, 0.25) is 0 Å². The molecule has 1 rings (SSSR count). The number of benzene rings is 1. The van der Waals surface area contributed by atoms with Crippen molar-refractivity contribution in [3.05, 3.63) is 36.4 Å². The predicted molar refractivity (Wildman–Crippen MR) is 65.8 cm³/mol. The van der Waals surface area contributed by atoms with Crippen molar-refractivity contribution in [2.24, 2.45) is 0 Å². The van der Waals surface area contributed by atoms with E-state index < -0.39 is 11.9 Å². The van der Waals surface area contributed by atoms with Gasteiger partial charge in [-0.15, -0.1) is 0 Å². The Labute approximate surface area is 109 Å². The summed E-state index contributed by atoms with van der Waals surface area (Å²) in [5.41, 5.74) is -0.0408. The fourth-order valence-electron chi connectivity index (χ4n) is 1.23. The zero-order chi connectivity index (χ0) is 14.3. The van der Waals surface area contributed by atoms with Gasteiger partial charge in [0, 0.05) is 18.6 Å². The lowest BCUT2D eigenvalue weighted by Gasteiger charge is -2.06. The summed E-state index contributed by atoms with van der Waals surface area (Å²) in [5.74, 6) is -1.76. The van der Waals surface area contributed by atoms with Crippen molar-refractivity contribution in [2.45, 2.75) is 6.42 Å². The van der Waals surface area contributed by atoms with Crippen LogP contribution in [0, 0.1) is 0 Å². The van der Waals surface area contributed by atoms with Gasteiger partial charge >= 0.3 is 11.9 Å². The number of hydrogen-bond donors (Lipinski definition) is 2. The number of ether oxygens (including phenoxy) is 2. The maximum Gasteiger partial charge on any atom is 0.341 e. The van der Waals surface area contributed by atoms with Crippen molar-refractivity contribution >= 4 is 11.9 Å². The first kappa shape index (κ1) is 14.6. The zero-order valence-corrected chi connectivity index (χ0v) is 10.2. The van der Waals surface area contributed by atoms with Crippen molar-refractivity contribution < 1.29 is 29.3 Å². The van der Waals surface area contributed by atoms with Crippen molar-refractivity contribution in [2.75, 3.05) is 13.2 Å². The number of hydrogen-bond acceptors (Lipinski definition) is 6. The third-order valence-corrected chi connectivity index (χ3v) is 2.13. The van der Waals surface area contributed by atoms with Gasteiger partial charge in [0.25, 0.3) is 0 Å². The molecule has 0 unspecified atom stereocenters. The Kier molecular flexibility index (Phi) is 5.40. The lowest BCUT2D eigenvalue weighted by Crippen LogP contribution is -2.10. The van der Waals surface area contributed by atoms with E-state index in [1.54, 1.807) is 0 Å². The third kappa shape index (κ3) is 4.71. The summed E-state index contributed by atoms with van der Waals surface area (Å²) in [5, 5.41) is 18.5. The Hall–Kier alpha value is -2.50. The number of carbonyl (C=O) groups is 2. The van der Waals surface area contributed by atoms with Gasteiger partial charge in [-0.2, -0.15) is 0 Å². The summed E-state index contributed by atoms with van der Waals surface area (Å²) in [4.78, 5) is 22.2. The van der Waals surface area contributed by atoms with Crippen LogP contribution in [0.3, 0.4) is 0 Å². The Morgan fingerprint density at radius 1 is 1.21 bits per heavy atom. The van der Waals surface area contributed by atoms with E-state index in [2.05, 4.69) is 11.3 Å². The molecule has 1 aromatic rings. The first-order chi connectivity index (χ1) is 9.04. The topological polar surface area (TPSA) is 93.1 Å². The molecule has 0 aromatic heterocycles. The van der Waals surface area contributed by atoms with E-state index in [1.165, 1.54) is 12.1 Å². The molecule has 0 spiro atoms. The van der Waals surface area contributed by atoms with Gasteiger partial charge in [0.2, 0.25) is 0 Å². The summed E-state index contributed by atoms with van der Waals surface area (Å²) in [6, 6.07) is 3.56. The Bertz CT molecular complexity index is 480. The molecule has 0 atom stereocenters. The summed E-state index contributed by atoms with van der Waals surface area (Å²) < 4.78 is 9.55. The summed E-state index contributed by atoms with van der Waals surface area (Å²) in [7, 11) is 0. The maximum absolute atomic E-state index is 11.5. The predicted octanol–water partition coefficient (Wildman–Crippen LogP) is 1.37. The van der Waals surface area contributed by atoms with Crippen LogP contribution in [0.4, 0.5) is 0 Å². The molecule has 0 fully saturated rings. The second-order valence-electron chi connectivity index (χ2n) is 3.56. The largest absolute Gasteiger partial charge is 0.508 e. The monoisotopic (exact) mass is 266 g/mol. The van der Waals surface area contributed by atoms with Gasteiger partial charge in [-0.1, -0.05) is 6.58 Å². The first-order valence-corrected chi connectivity index (χ1v) is 5.53. The molecule has 0 aliphatic carbocycles. The van der Waals surface area contributed by atoms with E-state index in [9.17, 15) is 14.7 Å². The van der Waals surface area contributed by atoms with Crippen molar-refractivity contribution in [3.8, 4) is 11.5 Å². The highest BCUT2D eigenvalue weighted by Crippen LogP contribution is 2.23. The molecule has 0 amide bonds. The molecule has 102 valence electrons. The lowest BCUT2D eigenvalue weighted by molar-refractivity contribution is -0.137. The Morgan fingerprint density at radius 3 is 2.53 bits per heavy atom. The van der Waals surface area contributed by atoms with E-state index in [0.29, 0.717) is 6.42 Å². The second-order valence-corrected chi connectivity index (χ2v) is 3.56. The fraction of sp³-hybridized carbons (Fsp3) is 0.231. The molecule has 0 aliphatic rings. The van der Waals surface area contributed by atoms with Gasteiger partial charge in [0.15, 0.2) is 0 Å². The summed E-state index contributed by atoms with van der Waals surface area (Å²) >= 11 is 0. The smallest absolute Gasteiger partial charge is 0.341 e. The van der Waals surface area contributed by atoms with Gasteiger partial charge in [0.05, 0.1) is 13.2 Å². The number of esters is 2. The molecular weight excluding hydrogens is 252 g/mol. The van der Waals surface area contributed by atoms with Crippen LogP contribution in [0.25, 0.3) is 0 Å². The van der Waals surface area contributed by atoms with Crippen LogP contribution >= 0.6 is 0 Å². The molecule has 0 saturated carbocycles. The summed E-state index contributed by atoms with van der Waals surface area (Å²) in [6.45, 7) is 3.39. The highest BCUT2D eigenvalue weighted by molar-refractivity contribution is 5.92. The third-order valence-electron chi connectivity index (χ3n) is 2.13. The number of phenolic OH excluding ortho intramolecular Hbond substituents is 2. The Balaban J connectivity index is 2.35. The fourth-order valence-corrected chi connectivity index (χ4v) is 1.23. The van der Waals surface area contributed by atoms with Crippen LogP contribution in [0.15, 0.2) is 30.9 Å². The highest BCUT2D eigenvalue weighted by Gasteiger charge is 2.12. The van der Waals surface area contributed by atoms with Crippen LogP contribution in [0.1, 0.15) is 16.8 Å². The maximum atomic E-state index is 11.5. The number of rotatable bonds is 6. The molecular formula is C13H14O6. The number of aromatic hydroxyl groups is 2. The van der Waals surface area contributed by atoms with Gasteiger partial charge in [-0.3, -0.25) is 0 Å². The van der Waals surface area contributed by atoms with Crippen LogP contribution in [0.5, 0.6) is 11.5 Å². The SMILES string of the molecule is C=CC(=O)OCCCOC(=O)c1ccc(O)cc1O. The average molecular weight is 266 g/mol. The molecule has 2 N–H and O–H groups in total.